The van der Waals surface area contributed by atoms with Gasteiger partial charge in [-0.1, -0.05) is 0 Å². The fourth-order valence-corrected chi connectivity index (χ4v) is 1.51. The first-order valence-electron chi connectivity index (χ1n) is 5.58. The Bertz CT molecular complexity index is 667. The molecular weight excluding hydrogens is 295 g/mol. The minimum atomic E-state index is -4.51. The van der Waals surface area contributed by atoms with Gasteiger partial charge in [0.05, 0.1) is 11.3 Å². The number of hydrogen-bond acceptors (Lipinski definition) is 2. The average molecular weight is 302 g/mol. The molecule has 0 fully saturated rings. The van der Waals surface area contributed by atoms with Crippen molar-refractivity contribution in [2.45, 2.75) is 6.18 Å². The molecule has 0 bridgehead atoms. The molecule has 1 amide bonds. The highest BCUT2D eigenvalue weighted by molar-refractivity contribution is 6.04. The minimum absolute atomic E-state index is 0.105. The number of rotatable bonds is 2. The Hall–Kier alpha value is -2.51. The molecule has 0 saturated carbocycles. The number of nitrogens with zero attached hydrogens (tertiary/aromatic N) is 1. The predicted molar refractivity (Wildman–Crippen MR) is 63.6 cm³/mol. The zero-order valence-electron chi connectivity index (χ0n) is 10.2. The second-order valence-electron chi connectivity index (χ2n) is 4.00. The molecule has 8 heteroatoms. The summed E-state index contributed by atoms with van der Waals surface area (Å²) >= 11 is 0. The van der Waals surface area contributed by atoms with Gasteiger partial charge in [-0.25, -0.2) is 0 Å². The number of pyridine rings is 1. The van der Waals surface area contributed by atoms with Crippen LogP contribution in [-0.4, -0.2) is 10.9 Å². The lowest BCUT2D eigenvalue weighted by Crippen LogP contribution is -2.14. The largest absolute Gasteiger partial charge is 0.416 e. The van der Waals surface area contributed by atoms with E-state index in [9.17, 15) is 26.7 Å². The van der Waals surface area contributed by atoms with Crippen LogP contribution < -0.4 is 5.32 Å². The van der Waals surface area contributed by atoms with Crippen LogP contribution in [0.4, 0.5) is 27.6 Å². The van der Waals surface area contributed by atoms with E-state index in [0.29, 0.717) is 0 Å². The van der Waals surface area contributed by atoms with E-state index in [1.165, 1.54) is 0 Å². The van der Waals surface area contributed by atoms with E-state index < -0.39 is 29.5 Å². The molecule has 2 aromatic rings. The second-order valence-corrected chi connectivity index (χ2v) is 4.00. The number of anilines is 1. The number of alkyl halides is 3. The van der Waals surface area contributed by atoms with Crippen molar-refractivity contribution < 1.29 is 26.7 Å². The van der Waals surface area contributed by atoms with E-state index in [2.05, 4.69) is 10.3 Å². The molecule has 0 saturated heterocycles. The maximum absolute atomic E-state index is 13.2. The van der Waals surface area contributed by atoms with E-state index in [1.807, 2.05) is 0 Å². The van der Waals surface area contributed by atoms with E-state index in [-0.39, 0.29) is 11.3 Å². The third kappa shape index (κ3) is 3.53. The summed E-state index contributed by atoms with van der Waals surface area (Å²) in [5.74, 6) is -3.12. The van der Waals surface area contributed by atoms with Crippen molar-refractivity contribution >= 4 is 11.6 Å². The monoisotopic (exact) mass is 302 g/mol. The summed E-state index contributed by atoms with van der Waals surface area (Å²) in [7, 11) is 0. The lowest BCUT2D eigenvalue weighted by atomic mass is 10.1. The highest BCUT2D eigenvalue weighted by Gasteiger charge is 2.30. The lowest BCUT2D eigenvalue weighted by Gasteiger charge is -2.08. The highest BCUT2D eigenvalue weighted by atomic mass is 19.4. The summed E-state index contributed by atoms with van der Waals surface area (Å²) in [6.07, 6.45) is -4.51. The molecule has 0 radical (unpaired) electrons. The molecule has 110 valence electrons. The Labute approximate surface area is 115 Å². The summed E-state index contributed by atoms with van der Waals surface area (Å²) in [6, 6.07) is 5.16. The Morgan fingerprint density at radius 1 is 1.00 bits per heavy atom. The smallest absolute Gasteiger partial charge is 0.318 e. The molecule has 0 aliphatic carbocycles. The van der Waals surface area contributed by atoms with Crippen LogP contribution in [0.3, 0.4) is 0 Å². The summed E-state index contributed by atoms with van der Waals surface area (Å²) < 4.78 is 62.9. The van der Waals surface area contributed by atoms with Crippen LogP contribution in [0.5, 0.6) is 0 Å². The van der Waals surface area contributed by atoms with E-state index in [4.69, 9.17) is 0 Å². The van der Waals surface area contributed by atoms with Gasteiger partial charge < -0.3 is 5.32 Å². The Morgan fingerprint density at radius 3 is 2.14 bits per heavy atom. The van der Waals surface area contributed by atoms with Crippen molar-refractivity contribution in [1.29, 1.82) is 0 Å². The van der Waals surface area contributed by atoms with Crippen LogP contribution in [0.1, 0.15) is 15.9 Å². The molecular formula is C13H7F5N2O. The van der Waals surface area contributed by atoms with E-state index in [0.717, 1.165) is 36.4 Å². The van der Waals surface area contributed by atoms with Crippen molar-refractivity contribution in [3.63, 3.8) is 0 Å². The number of carbonyl (C=O) groups excluding carboxylic acids is 1. The quantitative estimate of drug-likeness (QED) is 0.680. The minimum Gasteiger partial charge on any atom is -0.318 e. The number of hydrogen-bond donors (Lipinski definition) is 1. The van der Waals surface area contributed by atoms with Crippen LogP contribution in [0.15, 0.2) is 36.4 Å². The van der Waals surface area contributed by atoms with Crippen LogP contribution in [-0.2, 0) is 6.18 Å². The maximum atomic E-state index is 13.2. The number of aromatic nitrogens is 1. The van der Waals surface area contributed by atoms with Gasteiger partial charge in [0.25, 0.3) is 5.91 Å². The molecule has 1 N–H and O–H groups in total. The number of amides is 1. The molecule has 0 aliphatic rings. The van der Waals surface area contributed by atoms with Gasteiger partial charge in [0.2, 0.25) is 11.9 Å². The zero-order chi connectivity index (χ0) is 15.6. The van der Waals surface area contributed by atoms with Crippen LogP contribution >= 0.6 is 0 Å². The molecule has 2 rings (SSSR count). The first-order valence-corrected chi connectivity index (χ1v) is 5.58. The van der Waals surface area contributed by atoms with Gasteiger partial charge in [0, 0.05) is 5.56 Å². The molecule has 1 heterocycles. The average Bonchev–Trinajstić information content (AvgIpc) is 2.41. The van der Waals surface area contributed by atoms with Crippen LogP contribution in [0.25, 0.3) is 0 Å². The predicted octanol–water partition coefficient (Wildman–Crippen LogP) is 3.63. The molecule has 21 heavy (non-hydrogen) atoms. The molecule has 0 spiro atoms. The van der Waals surface area contributed by atoms with Gasteiger partial charge in [-0.15, -0.1) is 0 Å². The van der Waals surface area contributed by atoms with Crippen molar-refractivity contribution in [3.8, 4) is 0 Å². The molecule has 0 unspecified atom stereocenters. The summed E-state index contributed by atoms with van der Waals surface area (Å²) in [6.45, 7) is 0. The highest BCUT2D eigenvalue weighted by Crippen LogP contribution is 2.29. The van der Waals surface area contributed by atoms with Gasteiger partial charge in [-0.2, -0.15) is 26.9 Å². The number of carbonyl (C=O) groups is 1. The summed E-state index contributed by atoms with van der Waals surface area (Å²) in [5.41, 5.74) is -1.39. The SMILES string of the molecule is O=C(Nc1ccc(F)nc1F)c1ccc(C(F)(F)F)cc1. The Kier molecular flexibility index (Phi) is 3.88. The molecule has 1 aromatic carbocycles. The van der Waals surface area contributed by atoms with Crippen LogP contribution in [0, 0.1) is 11.9 Å². The Balaban J connectivity index is 2.17. The molecule has 0 atom stereocenters. The van der Waals surface area contributed by atoms with Gasteiger partial charge >= 0.3 is 6.18 Å². The fraction of sp³-hybridized carbons (Fsp3) is 0.0769. The summed E-state index contributed by atoms with van der Waals surface area (Å²) in [4.78, 5) is 14.6. The molecule has 1 aromatic heterocycles. The maximum Gasteiger partial charge on any atom is 0.416 e. The topological polar surface area (TPSA) is 42.0 Å². The van der Waals surface area contributed by atoms with Gasteiger partial charge in [0.1, 0.15) is 0 Å². The molecule has 3 nitrogen and oxygen atoms in total. The Morgan fingerprint density at radius 2 is 1.62 bits per heavy atom. The van der Waals surface area contributed by atoms with Gasteiger partial charge in [0.15, 0.2) is 0 Å². The van der Waals surface area contributed by atoms with E-state index >= 15 is 0 Å². The number of benzene rings is 1. The van der Waals surface area contributed by atoms with Gasteiger partial charge in [-0.05, 0) is 36.4 Å². The molecule has 0 aliphatic heterocycles. The zero-order valence-corrected chi connectivity index (χ0v) is 10.2. The third-order valence-corrected chi connectivity index (χ3v) is 2.54. The van der Waals surface area contributed by atoms with Crippen molar-refractivity contribution in [1.82, 2.24) is 4.98 Å². The number of halogens is 5. The normalized spacial score (nSPS) is 11.3. The lowest BCUT2D eigenvalue weighted by molar-refractivity contribution is -0.137. The third-order valence-electron chi connectivity index (χ3n) is 2.54. The first kappa shape index (κ1) is 14.9. The van der Waals surface area contributed by atoms with E-state index in [1.54, 1.807) is 0 Å². The van der Waals surface area contributed by atoms with Crippen molar-refractivity contribution in [2.24, 2.45) is 0 Å². The summed E-state index contributed by atoms with van der Waals surface area (Å²) in [5, 5.41) is 2.09. The fourth-order valence-electron chi connectivity index (χ4n) is 1.51. The van der Waals surface area contributed by atoms with Gasteiger partial charge in [-0.3, -0.25) is 4.79 Å². The van der Waals surface area contributed by atoms with Crippen LogP contribution in [0.2, 0.25) is 0 Å². The van der Waals surface area contributed by atoms with Crippen molar-refractivity contribution in [2.75, 3.05) is 5.32 Å². The number of nitrogens with one attached hydrogen (secondary N) is 1. The standard InChI is InChI=1S/C13H7F5N2O/c14-10-6-5-9(11(15)20-10)19-12(21)7-1-3-8(4-2-7)13(16,17)18/h1-6H,(H,19,21). The first-order chi connectivity index (χ1) is 9.77. The second kappa shape index (κ2) is 5.47. The van der Waals surface area contributed by atoms with Crippen molar-refractivity contribution in [3.05, 3.63) is 59.4 Å².